The van der Waals surface area contributed by atoms with E-state index in [-0.39, 0.29) is 30.1 Å². The predicted molar refractivity (Wildman–Crippen MR) is 72.6 cm³/mol. The monoisotopic (exact) mass is 363 g/mol. The van der Waals surface area contributed by atoms with E-state index in [9.17, 15) is 22.8 Å². The second-order valence-corrected chi connectivity index (χ2v) is 5.09. The Kier molecular flexibility index (Phi) is 4.31. The molecule has 2 rings (SSSR count). The van der Waals surface area contributed by atoms with Gasteiger partial charge in [0.05, 0.1) is 11.3 Å². The summed E-state index contributed by atoms with van der Waals surface area (Å²) < 4.78 is 38.2. The number of carbonyl (C=O) groups is 2. The lowest BCUT2D eigenvalue weighted by atomic mass is 10.1. The first kappa shape index (κ1) is 15.5. The van der Waals surface area contributed by atoms with E-state index >= 15 is 0 Å². The molecule has 1 heterocycles. The number of hydrogen-bond donors (Lipinski definition) is 2. The number of hydrogen-bond acceptors (Lipinski definition) is 3. The minimum Gasteiger partial charge on any atom is -0.320 e. The van der Waals surface area contributed by atoms with Crippen molar-refractivity contribution in [3.63, 3.8) is 0 Å². The summed E-state index contributed by atoms with van der Waals surface area (Å²) in [4.78, 5) is 22.8. The van der Waals surface area contributed by atoms with Crippen LogP contribution in [0.15, 0.2) is 27.8 Å². The molecule has 0 atom stereocenters. The third-order valence-corrected chi connectivity index (χ3v) is 3.40. The number of hydrazone groups is 1. The normalized spacial score (nSPS) is 15.2. The Morgan fingerprint density at radius 1 is 1.33 bits per heavy atom. The maximum Gasteiger partial charge on any atom is 0.416 e. The Balaban J connectivity index is 2.19. The lowest BCUT2D eigenvalue weighted by Gasteiger charge is -2.14. The van der Waals surface area contributed by atoms with E-state index < -0.39 is 17.6 Å². The number of amides is 2. The van der Waals surface area contributed by atoms with Crippen LogP contribution in [-0.2, 0) is 15.8 Å². The van der Waals surface area contributed by atoms with Crippen molar-refractivity contribution in [2.45, 2.75) is 19.0 Å². The Hall–Kier alpha value is -1.90. The van der Waals surface area contributed by atoms with Crippen molar-refractivity contribution in [3.8, 4) is 0 Å². The summed E-state index contributed by atoms with van der Waals surface area (Å²) in [6.07, 6.45) is -4.26. The van der Waals surface area contributed by atoms with Gasteiger partial charge in [0.15, 0.2) is 0 Å². The van der Waals surface area contributed by atoms with Crippen LogP contribution < -0.4 is 10.7 Å². The van der Waals surface area contributed by atoms with Gasteiger partial charge in [0, 0.05) is 17.3 Å². The number of halogens is 4. The van der Waals surface area contributed by atoms with Crippen LogP contribution >= 0.6 is 15.9 Å². The van der Waals surface area contributed by atoms with Crippen LogP contribution in [0.4, 0.5) is 18.9 Å². The van der Waals surface area contributed by atoms with Crippen LogP contribution in [0.3, 0.4) is 0 Å². The van der Waals surface area contributed by atoms with Gasteiger partial charge in [0.25, 0.3) is 5.91 Å². The molecule has 9 heteroatoms. The first-order chi connectivity index (χ1) is 9.77. The van der Waals surface area contributed by atoms with Gasteiger partial charge < -0.3 is 5.32 Å². The molecule has 2 N–H and O–H groups in total. The molecule has 0 fully saturated rings. The van der Waals surface area contributed by atoms with Crippen molar-refractivity contribution in [2.24, 2.45) is 5.10 Å². The smallest absolute Gasteiger partial charge is 0.320 e. The molecule has 0 aliphatic carbocycles. The van der Waals surface area contributed by atoms with E-state index in [0.717, 1.165) is 12.1 Å². The van der Waals surface area contributed by atoms with Crippen LogP contribution in [0.25, 0.3) is 0 Å². The Morgan fingerprint density at radius 3 is 2.62 bits per heavy atom. The molecule has 0 saturated heterocycles. The highest BCUT2D eigenvalue weighted by molar-refractivity contribution is 9.10. The molecule has 0 aromatic heterocycles. The van der Waals surface area contributed by atoms with E-state index in [2.05, 4.69) is 31.8 Å². The first-order valence-electron chi connectivity index (χ1n) is 5.81. The Morgan fingerprint density at radius 2 is 2.05 bits per heavy atom. The van der Waals surface area contributed by atoms with Crippen molar-refractivity contribution < 1.29 is 22.8 Å². The van der Waals surface area contributed by atoms with Gasteiger partial charge >= 0.3 is 6.18 Å². The highest BCUT2D eigenvalue weighted by Crippen LogP contribution is 2.34. The number of anilines is 1. The highest BCUT2D eigenvalue weighted by Gasteiger charge is 2.31. The fourth-order valence-corrected chi connectivity index (χ4v) is 1.98. The van der Waals surface area contributed by atoms with Crippen LogP contribution in [-0.4, -0.2) is 17.5 Å². The molecular formula is C12H9BrF3N3O2. The average Bonchev–Trinajstić information content (AvgIpc) is 2.40. The van der Waals surface area contributed by atoms with E-state index in [1.807, 2.05) is 0 Å². The van der Waals surface area contributed by atoms with Crippen LogP contribution in [0.1, 0.15) is 18.4 Å². The number of carbonyl (C=O) groups excluding carboxylic acids is 2. The molecule has 21 heavy (non-hydrogen) atoms. The molecule has 1 aliphatic rings. The first-order valence-corrected chi connectivity index (χ1v) is 6.60. The van der Waals surface area contributed by atoms with Gasteiger partial charge in [-0.3, -0.25) is 9.59 Å². The topological polar surface area (TPSA) is 70.6 Å². The molecule has 0 radical (unpaired) electrons. The summed E-state index contributed by atoms with van der Waals surface area (Å²) in [5, 5.41) is 5.91. The van der Waals surface area contributed by atoms with Crippen LogP contribution in [0, 0.1) is 0 Å². The lowest BCUT2D eigenvalue weighted by Crippen LogP contribution is -2.32. The number of rotatable bonds is 2. The zero-order valence-corrected chi connectivity index (χ0v) is 12.0. The molecule has 0 unspecified atom stereocenters. The van der Waals surface area contributed by atoms with Gasteiger partial charge in [-0.05, 0) is 34.1 Å². The predicted octanol–water partition coefficient (Wildman–Crippen LogP) is 2.67. The number of alkyl halides is 3. The number of nitrogens with zero attached hydrogens (tertiary/aromatic N) is 1. The second kappa shape index (κ2) is 5.84. The molecular weight excluding hydrogens is 355 g/mol. The summed E-state index contributed by atoms with van der Waals surface area (Å²) in [7, 11) is 0. The minimum atomic E-state index is -4.50. The lowest BCUT2D eigenvalue weighted by molar-refractivity contribution is -0.137. The van der Waals surface area contributed by atoms with Gasteiger partial charge in [0.1, 0.15) is 5.71 Å². The fourth-order valence-electron chi connectivity index (χ4n) is 1.63. The summed E-state index contributed by atoms with van der Waals surface area (Å²) >= 11 is 3.07. The maximum absolute atomic E-state index is 12.6. The van der Waals surface area contributed by atoms with E-state index in [1.54, 1.807) is 0 Å². The van der Waals surface area contributed by atoms with Crippen molar-refractivity contribution in [3.05, 3.63) is 28.2 Å². The molecule has 0 spiro atoms. The SMILES string of the molecule is O=C1CCC(C(=O)Nc2cc(C(F)(F)F)ccc2Br)=NN1. The quantitative estimate of drug-likeness (QED) is 0.847. The van der Waals surface area contributed by atoms with Gasteiger partial charge in [0.2, 0.25) is 5.91 Å². The summed E-state index contributed by atoms with van der Waals surface area (Å²) in [6.45, 7) is 0. The molecule has 1 aromatic carbocycles. The minimum absolute atomic E-state index is 0.0191. The standard InChI is InChI=1S/C12H9BrF3N3O2/c13-7-2-1-6(12(14,15)16)5-9(7)17-11(21)8-3-4-10(20)19-18-8/h1-2,5H,3-4H2,(H,17,21)(H,19,20). The van der Waals surface area contributed by atoms with E-state index in [1.165, 1.54) is 6.07 Å². The van der Waals surface area contributed by atoms with Crippen molar-refractivity contribution in [1.29, 1.82) is 0 Å². The van der Waals surface area contributed by atoms with Crippen molar-refractivity contribution >= 4 is 39.1 Å². The van der Waals surface area contributed by atoms with Crippen molar-refractivity contribution in [2.75, 3.05) is 5.32 Å². The number of benzene rings is 1. The molecule has 1 aliphatic heterocycles. The van der Waals surface area contributed by atoms with E-state index in [0.29, 0.717) is 4.47 Å². The maximum atomic E-state index is 12.6. The third-order valence-electron chi connectivity index (χ3n) is 2.71. The van der Waals surface area contributed by atoms with E-state index in [4.69, 9.17) is 0 Å². The van der Waals surface area contributed by atoms with Gasteiger partial charge in [-0.1, -0.05) is 0 Å². The van der Waals surface area contributed by atoms with Crippen LogP contribution in [0.5, 0.6) is 0 Å². The summed E-state index contributed by atoms with van der Waals surface area (Å²) in [5.74, 6) is -0.971. The zero-order chi connectivity index (χ0) is 15.6. The number of nitrogens with one attached hydrogen (secondary N) is 2. The van der Waals surface area contributed by atoms with Crippen molar-refractivity contribution in [1.82, 2.24) is 5.43 Å². The highest BCUT2D eigenvalue weighted by atomic mass is 79.9. The molecule has 2 amide bonds. The average molecular weight is 364 g/mol. The van der Waals surface area contributed by atoms with Crippen LogP contribution in [0.2, 0.25) is 0 Å². The van der Waals surface area contributed by atoms with Gasteiger partial charge in [-0.15, -0.1) is 0 Å². The second-order valence-electron chi connectivity index (χ2n) is 4.24. The third kappa shape index (κ3) is 3.81. The molecule has 1 aromatic rings. The summed E-state index contributed by atoms with van der Waals surface area (Å²) in [5.41, 5.74) is 1.31. The largest absolute Gasteiger partial charge is 0.416 e. The molecule has 112 valence electrons. The Labute approximate surface area is 125 Å². The zero-order valence-electron chi connectivity index (χ0n) is 10.4. The van der Waals surface area contributed by atoms with Gasteiger partial charge in [-0.2, -0.15) is 18.3 Å². The Bertz CT molecular complexity index is 629. The van der Waals surface area contributed by atoms with Gasteiger partial charge in [-0.25, -0.2) is 5.43 Å². The summed E-state index contributed by atoms with van der Waals surface area (Å²) in [6, 6.07) is 2.92. The molecule has 5 nitrogen and oxygen atoms in total. The molecule has 0 bridgehead atoms. The molecule has 0 saturated carbocycles. The fraction of sp³-hybridized carbons (Fsp3) is 0.250.